The predicted molar refractivity (Wildman–Crippen MR) is 74.6 cm³/mol. The fraction of sp³-hybridized carbons (Fsp3) is 0.562. The normalized spacial score (nSPS) is 23.1. The summed E-state index contributed by atoms with van der Waals surface area (Å²) in [6, 6.07) is 4.62. The van der Waals surface area contributed by atoms with Crippen molar-refractivity contribution in [3.8, 4) is 0 Å². The Labute approximate surface area is 114 Å². The van der Waals surface area contributed by atoms with Crippen molar-refractivity contribution in [2.45, 2.75) is 52.0 Å². The maximum absolute atomic E-state index is 13.2. The maximum Gasteiger partial charge on any atom is 0.251 e. The number of hydrogen-bond donors (Lipinski definition) is 1. The lowest BCUT2D eigenvalue weighted by molar-refractivity contribution is 0.0903. The molecule has 0 saturated heterocycles. The minimum Gasteiger partial charge on any atom is -0.349 e. The number of benzene rings is 1. The van der Waals surface area contributed by atoms with Crippen molar-refractivity contribution in [1.29, 1.82) is 0 Å². The minimum absolute atomic E-state index is 0.137. The van der Waals surface area contributed by atoms with E-state index in [0.717, 1.165) is 18.4 Å². The van der Waals surface area contributed by atoms with E-state index in [9.17, 15) is 9.18 Å². The monoisotopic (exact) mass is 263 g/mol. The first-order valence-electron chi connectivity index (χ1n) is 7.19. The van der Waals surface area contributed by atoms with Crippen molar-refractivity contribution in [2.24, 2.45) is 5.92 Å². The molecule has 1 aliphatic carbocycles. The van der Waals surface area contributed by atoms with Crippen LogP contribution in [-0.4, -0.2) is 11.9 Å². The van der Waals surface area contributed by atoms with Gasteiger partial charge in [0.15, 0.2) is 0 Å². The van der Waals surface area contributed by atoms with Crippen LogP contribution >= 0.6 is 0 Å². The number of aryl methyl sites for hydroxylation is 1. The van der Waals surface area contributed by atoms with Crippen LogP contribution in [0, 0.1) is 18.7 Å². The highest BCUT2D eigenvalue weighted by Gasteiger charge is 2.25. The summed E-state index contributed by atoms with van der Waals surface area (Å²) >= 11 is 0. The Morgan fingerprint density at radius 2 is 2.11 bits per heavy atom. The molecule has 0 aromatic heterocycles. The summed E-state index contributed by atoms with van der Waals surface area (Å²) < 4.78 is 13.2. The quantitative estimate of drug-likeness (QED) is 0.882. The van der Waals surface area contributed by atoms with Gasteiger partial charge in [0.05, 0.1) is 0 Å². The van der Waals surface area contributed by atoms with Gasteiger partial charge < -0.3 is 5.32 Å². The van der Waals surface area contributed by atoms with Gasteiger partial charge in [-0.25, -0.2) is 4.39 Å². The summed E-state index contributed by atoms with van der Waals surface area (Å²) in [6.07, 6.45) is 5.74. The van der Waals surface area contributed by atoms with E-state index in [1.165, 1.54) is 31.4 Å². The molecule has 2 rings (SSSR count). The third-order valence-electron chi connectivity index (χ3n) is 4.19. The van der Waals surface area contributed by atoms with Crippen molar-refractivity contribution < 1.29 is 9.18 Å². The lowest BCUT2D eigenvalue weighted by atomic mass is 9.82. The first kappa shape index (κ1) is 14.0. The maximum atomic E-state index is 13.2. The van der Waals surface area contributed by atoms with Crippen LogP contribution < -0.4 is 5.32 Å². The molecule has 0 bridgehead atoms. The van der Waals surface area contributed by atoms with E-state index in [-0.39, 0.29) is 17.8 Å². The van der Waals surface area contributed by atoms with Crippen LogP contribution in [-0.2, 0) is 0 Å². The Morgan fingerprint density at radius 1 is 1.37 bits per heavy atom. The van der Waals surface area contributed by atoms with Gasteiger partial charge in [0.1, 0.15) is 5.82 Å². The Kier molecular flexibility index (Phi) is 4.56. The number of nitrogens with one attached hydrogen (secondary N) is 1. The molecule has 1 aromatic rings. The fourth-order valence-electron chi connectivity index (χ4n) is 2.97. The standard InChI is InChI=1S/C16H22FNO/c1-3-12-6-4-5-7-15(12)18-16(19)14-10-13(17)9-8-11(14)2/h8-10,12,15H,3-7H2,1-2H3,(H,18,19). The molecule has 1 aromatic carbocycles. The molecule has 1 fully saturated rings. The Bertz CT molecular complexity index is 458. The molecule has 1 N–H and O–H groups in total. The van der Waals surface area contributed by atoms with Gasteiger partial charge in [-0.1, -0.05) is 32.3 Å². The second-order valence-electron chi connectivity index (χ2n) is 5.49. The van der Waals surface area contributed by atoms with Crippen LogP contribution in [0.15, 0.2) is 18.2 Å². The van der Waals surface area contributed by atoms with Crippen molar-refractivity contribution in [2.75, 3.05) is 0 Å². The summed E-state index contributed by atoms with van der Waals surface area (Å²) in [5.74, 6) is 0.0698. The first-order chi connectivity index (χ1) is 9.11. The van der Waals surface area contributed by atoms with Crippen LogP contribution in [0.25, 0.3) is 0 Å². The zero-order valence-electron chi connectivity index (χ0n) is 11.7. The molecule has 2 atom stereocenters. The topological polar surface area (TPSA) is 29.1 Å². The molecule has 1 amide bonds. The summed E-state index contributed by atoms with van der Waals surface area (Å²) in [4.78, 5) is 12.3. The number of halogens is 1. The second kappa shape index (κ2) is 6.18. The van der Waals surface area contributed by atoms with E-state index < -0.39 is 0 Å². The van der Waals surface area contributed by atoms with Crippen LogP contribution in [0.1, 0.15) is 54.9 Å². The Balaban J connectivity index is 2.09. The van der Waals surface area contributed by atoms with E-state index in [1.54, 1.807) is 6.07 Å². The molecule has 0 spiro atoms. The van der Waals surface area contributed by atoms with E-state index in [1.807, 2.05) is 6.92 Å². The van der Waals surface area contributed by atoms with Gasteiger partial charge in [-0.15, -0.1) is 0 Å². The Hall–Kier alpha value is -1.38. The Morgan fingerprint density at radius 3 is 2.84 bits per heavy atom. The van der Waals surface area contributed by atoms with Crippen molar-refractivity contribution in [1.82, 2.24) is 5.32 Å². The van der Waals surface area contributed by atoms with Crippen LogP contribution in [0.5, 0.6) is 0 Å². The van der Waals surface area contributed by atoms with Crippen molar-refractivity contribution in [3.63, 3.8) is 0 Å². The van der Waals surface area contributed by atoms with E-state index >= 15 is 0 Å². The number of carbonyl (C=O) groups excluding carboxylic acids is 1. The molecule has 1 saturated carbocycles. The van der Waals surface area contributed by atoms with Gasteiger partial charge in [-0.3, -0.25) is 4.79 Å². The largest absolute Gasteiger partial charge is 0.349 e. The highest BCUT2D eigenvalue weighted by Crippen LogP contribution is 2.27. The molecule has 0 aliphatic heterocycles. The lowest BCUT2D eigenvalue weighted by Crippen LogP contribution is -2.42. The molecule has 0 heterocycles. The molecule has 0 radical (unpaired) electrons. The SMILES string of the molecule is CCC1CCCCC1NC(=O)c1cc(F)ccc1C. The van der Waals surface area contributed by atoms with Crippen molar-refractivity contribution in [3.05, 3.63) is 35.1 Å². The lowest BCUT2D eigenvalue weighted by Gasteiger charge is -2.31. The average molecular weight is 263 g/mol. The summed E-state index contributed by atoms with van der Waals surface area (Å²) in [5.41, 5.74) is 1.28. The van der Waals surface area contributed by atoms with Crippen LogP contribution in [0.4, 0.5) is 4.39 Å². The number of carbonyl (C=O) groups is 1. The smallest absolute Gasteiger partial charge is 0.251 e. The first-order valence-corrected chi connectivity index (χ1v) is 7.19. The predicted octanol–water partition coefficient (Wildman–Crippen LogP) is 3.83. The van der Waals surface area contributed by atoms with Gasteiger partial charge >= 0.3 is 0 Å². The zero-order chi connectivity index (χ0) is 13.8. The summed E-state index contributed by atoms with van der Waals surface area (Å²) in [5, 5.41) is 3.10. The molecule has 19 heavy (non-hydrogen) atoms. The summed E-state index contributed by atoms with van der Waals surface area (Å²) in [7, 11) is 0. The fourth-order valence-corrected chi connectivity index (χ4v) is 2.97. The molecule has 2 unspecified atom stereocenters. The highest BCUT2D eigenvalue weighted by atomic mass is 19.1. The van der Waals surface area contributed by atoms with Crippen LogP contribution in [0.3, 0.4) is 0 Å². The van der Waals surface area contributed by atoms with Gasteiger partial charge in [0.2, 0.25) is 0 Å². The summed E-state index contributed by atoms with van der Waals surface area (Å²) in [6.45, 7) is 4.01. The molecular formula is C16H22FNO. The third kappa shape index (κ3) is 3.34. The highest BCUT2D eigenvalue weighted by molar-refractivity contribution is 5.95. The van der Waals surface area contributed by atoms with E-state index in [2.05, 4.69) is 12.2 Å². The van der Waals surface area contributed by atoms with Crippen LogP contribution in [0.2, 0.25) is 0 Å². The van der Waals surface area contributed by atoms with E-state index in [4.69, 9.17) is 0 Å². The van der Waals surface area contributed by atoms with Gasteiger partial charge in [-0.2, -0.15) is 0 Å². The molecular weight excluding hydrogens is 241 g/mol. The van der Waals surface area contributed by atoms with Gasteiger partial charge in [0.25, 0.3) is 5.91 Å². The second-order valence-corrected chi connectivity index (χ2v) is 5.49. The number of amides is 1. The minimum atomic E-state index is -0.355. The van der Waals surface area contributed by atoms with Gasteiger partial charge in [-0.05, 0) is 43.4 Å². The number of hydrogen-bond acceptors (Lipinski definition) is 1. The molecule has 1 aliphatic rings. The van der Waals surface area contributed by atoms with Crippen molar-refractivity contribution >= 4 is 5.91 Å². The van der Waals surface area contributed by atoms with E-state index in [0.29, 0.717) is 11.5 Å². The molecule has 104 valence electrons. The molecule has 3 heteroatoms. The molecule has 2 nitrogen and oxygen atoms in total. The average Bonchev–Trinajstić information content (AvgIpc) is 2.42. The number of rotatable bonds is 3. The zero-order valence-corrected chi connectivity index (χ0v) is 11.7. The third-order valence-corrected chi connectivity index (χ3v) is 4.19. The van der Waals surface area contributed by atoms with Gasteiger partial charge in [0, 0.05) is 11.6 Å².